The molecule has 2 heterocycles. The number of hydrogen-bond acceptors (Lipinski definition) is 4. The van der Waals surface area contributed by atoms with Gasteiger partial charge in [-0.3, -0.25) is 9.48 Å². The molecule has 0 radical (unpaired) electrons. The van der Waals surface area contributed by atoms with Gasteiger partial charge in [-0.2, -0.15) is 5.10 Å². The lowest BCUT2D eigenvalue weighted by atomic mass is 10.2. The van der Waals surface area contributed by atoms with E-state index in [1.807, 2.05) is 26.1 Å². The Hall–Kier alpha value is -2.18. The summed E-state index contributed by atoms with van der Waals surface area (Å²) in [6.07, 6.45) is 8.94. The highest BCUT2D eigenvalue weighted by Crippen LogP contribution is 2.31. The molecule has 0 saturated heterocycles. The van der Waals surface area contributed by atoms with Gasteiger partial charge < -0.3 is 9.88 Å². The number of carbonyl (C=O) groups excluding carboxylic acids is 1. The van der Waals surface area contributed by atoms with Crippen molar-refractivity contribution in [2.75, 3.05) is 0 Å². The highest BCUT2D eigenvalue weighted by Gasteiger charge is 2.23. The molecule has 1 atom stereocenters. The van der Waals surface area contributed by atoms with Crippen LogP contribution in [-0.4, -0.2) is 30.5 Å². The van der Waals surface area contributed by atoms with Crippen molar-refractivity contribution in [3.05, 3.63) is 30.1 Å². The third kappa shape index (κ3) is 3.78. The van der Waals surface area contributed by atoms with Crippen molar-refractivity contribution in [1.29, 1.82) is 0 Å². The minimum Gasteiger partial charge on any atom is -0.346 e. The number of nitrogens with one attached hydrogen (secondary N) is 1. The molecule has 3 rings (SSSR count). The maximum atomic E-state index is 12.2. The van der Waals surface area contributed by atoms with E-state index in [1.54, 1.807) is 11.0 Å². The van der Waals surface area contributed by atoms with Gasteiger partial charge >= 0.3 is 0 Å². The van der Waals surface area contributed by atoms with Crippen molar-refractivity contribution in [3.63, 3.8) is 0 Å². The summed E-state index contributed by atoms with van der Waals surface area (Å²) in [4.78, 5) is 12.2. The average Bonchev–Trinajstić information content (AvgIpc) is 3.25. The maximum absolute atomic E-state index is 12.2. The summed E-state index contributed by atoms with van der Waals surface area (Å²) in [6.45, 7) is 4.49. The number of rotatable bonds is 6. The molecule has 1 N–H and O–H groups in total. The Morgan fingerprint density at radius 2 is 2.22 bits per heavy atom. The number of aromatic nitrogens is 5. The van der Waals surface area contributed by atoms with E-state index in [0.29, 0.717) is 19.0 Å². The average molecular weight is 316 g/mol. The Morgan fingerprint density at radius 3 is 2.91 bits per heavy atom. The van der Waals surface area contributed by atoms with E-state index >= 15 is 0 Å². The third-order valence-corrected chi connectivity index (χ3v) is 4.43. The number of amides is 1. The molecule has 0 bridgehead atoms. The predicted molar refractivity (Wildman–Crippen MR) is 85.7 cm³/mol. The Morgan fingerprint density at radius 1 is 1.43 bits per heavy atom. The van der Waals surface area contributed by atoms with Gasteiger partial charge in [-0.05, 0) is 32.8 Å². The highest BCUT2D eigenvalue weighted by atomic mass is 16.1. The molecule has 2 aromatic rings. The van der Waals surface area contributed by atoms with E-state index in [-0.39, 0.29) is 11.9 Å². The van der Waals surface area contributed by atoms with Crippen molar-refractivity contribution in [3.8, 4) is 0 Å². The summed E-state index contributed by atoms with van der Waals surface area (Å²) in [5.41, 5.74) is 0.962. The van der Waals surface area contributed by atoms with Crippen molar-refractivity contribution < 1.29 is 4.79 Å². The van der Waals surface area contributed by atoms with Crippen LogP contribution < -0.4 is 5.32 Å². The van der Waals surface area contributed by atoms with Gasteiger partial charge in [0.1, 0.15) is 6.33 Å². The van der Waals surface area contributed by atoms with Gasteiger partial charge in [-0.25, -0.2) is 0 Å². The van der Waals surface area contributed by atoms with Gasteiger partial charge in [-0.15, -0.1) is 10.2 Å². The molecule has 0 unspecified atom stereocenters. The Labute approximate surface area is 136 Å². The predicted octanol–water partition coefficient (Wildman–Crippen LogP) is 2.17. The molecule has 1 amide bonds. The van der Waals surface area contributed by atoms with Gasteiger partial charge in [0.25, 0.3) is 0 Å². The molecule has 1 aliphatic carbocycles. The third-order valence-electron chi connectivity index (χ3n) is 4.43. The summed E-state index contributed by atoms with van der Waals surface area (Å²) in [6, 6.07) is 2.28. The molecule has 23 heavy (non-hydrogen) atoms. The van der Waals surface area contributed by atoms with Crippen molar-refractivity contribution in [2.45, 2.75) is 64.6 Å². The normalized spacial score (nSPS) is 16.6. The van der Waals surface area contributed by atoms with Crippen molar-refractivity contribution >= 4 is 5.91 Å². The first-order chi connectivity index (χ1) is 11.1. The number of hydrogen-bond donors (Lipinski definition) is 1. The van der Waals surface area contributed by atoms with Gasteiger partial charge in [0.2, 0.25) is 5.91 Å². The number of nitrogens with zero attached hydrogens (tertiary/aromatic N) is 5. The van der Waals surface area contributed by atoms with Crippen LogP contribution in [0, 0.1) is 6.92 Å². The number of aryl methyl sites for hydroxylation is 2. The minimum absolute atomic E-state index is 0.00613. The standard InChI is InChI=1S/C16H24N6O/c1-12-7-9-21(20-12)10-8-15(23)18-13(2)16-19-17-11-22(16)14-5-3-4-6-14/h7,9,11,13-14H,3-6,8,10H2,1-2H3,(H,18,23)/t13-/m1/s1. The zero-order valence-electron chi connectivity index (χ0n) is 13.8. The molecule has 0 spiro atoms. The van der Waals surface area contributed by atoms with Crippen LogP contribution in [0.15, 0.2) is 18.6 Å². The highest BCUT2D eigenvalue weighted by molar-refractivity contribution is 5.76. The van der Waals surface area contributed by atoms with E-state index in [2.05, 4.69) is 25.2 Å². The molecule has 2 aromatic heterocycles. The lowest BCUT2D eigenvalue weighted by molar-refractivity contribution is -0.122. The largest absolute Gasteiger partial charge is 0.346 e. The van der Waals surface area contributed by atoms with Crippen LogP contribution in [0.5, 0.6) is 0 Å². The summed E-state index contributed by atoms with van der Waals surface area (Å²) >= 11 is 0. The zero-order valence-corrected chi connectivity index (χ0v) is 13.8. The fourth-order valence-corrected chi connectivity index (χ4v) is 3.21. The summed E-state index contributed by atoms with van der Waals surface area (Å²) in [7, 11) is 0. The Bertz CT molecular complexity index is 655. The molecular formula is C16H24N6O. The topological polar surface area (TPSA) is 77.6 Å². The monoisotopic (exact) mass is 316 g/mol. The van der Waals surface area contributed by atoms with Crippen LogP contribution in [0.2, 0.25) is 0 Å². The van der Waals surface area contributed by atoms with Gasteiger partial charge in [0, 0.05) is 25.2 Å². The smallest absolute Gasteiger partial charge is 0.222 e. The van der Waals surface area contributed by atoms with Crippen LogP contribution in [-0.2, 0) is 11.3 Å². The van der Waals surface area contributed by atoms with Crippen LogP contribution in [0.4, 0.5) is 0 Å². The summed E-state index contributed by atoms with van der Waals surface area (Å²) in [5.74, 6) is 0.854. The van der Waals surface area contributed by atoms with E-state index in [9.17, 15) is 4.79 Å². The first kappa shape index (κ1) is 15.7. The summed E-state index contributed by atoms with van der Waals surface area (Å²) in [5, 5.41) is 15.6. The maximum Gasteiger partial charge on any atom is 0.222 e. The molecule has 0 aromatic carbocycles. The van der Waals surface area contributed by atoms with Crippen molar-refractivity contribution in [2.24, 2.45) is 0 Å². The van der Waals surface area contributed by atoms with E-state index < -0.39 is 0 Å². The molecule has 7 nitrogen and oxygen atoms in total. The second-order valence-electron chi connectivity index (χ2n) is 6.29. The summed E-state index contributed by atoms with van der Waals surface area (Å²) < 4.78 is 3.93. The quantitative estimate of drug-likeness (QED) is 0.886. The van der Waals surface area contributed by atoms with E-state index in [4.69, 9.17) is 0 Å². The van der Waals surface area contributed by atoms with Crippen LogP contribution >= 0.6 is 0 Å². The van der Waals surface area contributed by atoms with Gasteiger partial charge in [0.15, 0.2) is 5.82 Å². The van der Waals surface area contributed by atoms with Crippen LogP contribution in [0.1, 0.15) is 62.6 Å². The molecule has 1 saturated carbocycles. The van der Waals surface area contributed by atoms with Gasteiger partial charge in [-0.1, -0.05) is 12.8 Å². The van der Waals surface area contributed by atoms with Crippen LogP contribution in [0.25, 0.3) is 0 Å². The fourth-order valence-electron chi connectivity index (χ4n) is 3.21. The van der Waals surface area contributed by atoms with E-state index in [1.165, 1.54) is 25.7 Å². The lowest BCUT2D eigenvalue weighted by Gasteiger charge is -2.18. The molecule has 1 fully saturated rings. The molecule has 0 aliphatic heterocycles. The van der Waals surface area contributed by atoms with Crippen molar-refractivity contribution in [1.82, 2.24) is 29.9 Å². The molecule has 124 valence electrons. The van der Waals surface area contributed by atoms with Crippen LogP contribution in [0.3, 0.4) is 0 Å². The molecule has 1 aliphatic rings. The van der Waals surface area contributed by atoms with E-state index in [0.717, 1.165) is 11.5 Å². The first-order valence-electron chi connectivity index (χ1n) is 8.32. The molecular weight excluding hydrogens is 292 g/mol. The number of carbonyl (C=O) groups is 1. The SMILES string of the molecule is Cc1ccn(CCC(=O)N[C@H](C)c2nncn2C2CCCC2)n1. The lowest BCUT2D eigenvalue weighted by Crippen LogP contribution is -2.30. The zero-order chi connectivity index (χ0) is 16.2. The second kappa shape index (κ2) is 6.93. The molecule has 7 heteroatoms. The fraction of sp³-hybridized carbons (Fsp3) is 0.625. The second-order valence-corrected chi connectivity index (χ2v) is 6.29. The Kier molecular flexibility index (Phi) is 4.73. The Balaban J connectivity index is 1.55. The van der Waals surface area contributed by atoms with Gasteiger partial charge in [0.05, 0.1) is 11.7 Å². The first-order valence-corrected chi connectivity index (χ1v) is 8.32. The minimum atomic E-state index is -0.134.